The van der Waals surface area contributed by atoms with Crippen LogP contribution in [-0.4, -0.2) is 58.0 Å². The fraction of sp³-hybridized carbons (Fsp3) is 0.471. The van der Waals surface area contributed by atoms with Gasteiger partial charge < -0.3 is 14.4 Å². The number of rotatable bonds is 3. The summed E-state index contributed by atoms with van der Waals surface area (Å²) in [6.07, 6.45) is -4.29. The Morgan fingerprint density at radius 1 is 1.37 bits per heavy atom. The molecule has 0 spiro atoms. The van der Waals surface area contributed by atoms with E-state index in [0.29, 0.717) is 25.0 Å². The summed E-state index contributed by atoms with van der Waals surface area (Å²) in [6, 6.07) is 3.76. The number of aryl methyl sites for hydroxylation is 2. The van der Waals surface area contributed by atoms with E-state index in [4.69, 9.17) is 9.47 Å². The third-order valence-electron chi connectivity index (χ3n) is 4.09. The second kappa shape index (κ2) is 7.55. The number of hydrogen-bond donors (Lipinski definition) is 0. The lowest BCUT2D eigenvalue weighted by atomic mass is 10.2. The van der Waals surface area contributed by atoms with Crippen LogP contribution < -0.4 is 4.74 Å². The van der Waals surface area contributed by atoms with E-state index in [2.05, 4.69) is 10.1 Å². The standard InChI is InChI=1S/C17H19F3N4O3/c1-11-7-14(23(2)22-11)16(25)24-5-6-26-10-13(9-24)27-15-4-3-12(8-21-15)17(18,19)20/h3-4,7-8,13H,5-6,9-10H2,1-2H3/t13-/m1/s1. The van der Waals surface area contributed by atoms with Gasteiger partial charge in [-0.2, -0.15) is 18.3 Å². The fourth-order valence-corrected chi connectivity index (χ4v) is 2.80. The Kier molecular flexibility index (Phi) is 5.36. The first-order valence-electron chi connectivity index (χ1n) is 8.31. The second-order valence-corrected chi connectivity index (χ2v) is 6.24. The molecule has 10 heteroatoms. The van der Waals surface area contributed by atoms with Crippen LogP contribution in [0.2, 0.25) is 0 Å². The zero-order valence-electron chi connectivity index (χ0n) is 14.9. The lowest BCUT2D eigenvalue weighted by Crippen LogP contribution is -2.40. The van der Waals surface area contributed by atoms with Crippen molar-refractivity contribution in [3.05, 3.63) is 41.3 Å². The van der Waals surface area contributed by atoms with Gasteiger partial charge in [0.15, 0.2) is 0 Å². The third-order valence-corrected chi connectivity index (χ3v) is 4.09. The molecule has 1 saturated heterocycles. The Labute approximate surface area is 153 Å². The number of alkyl halides is 3. The lowest BCUT2D eigenvalue weighted by molar-refractivity contribution is -0.137. The molecule has 146 valence electrons. The van der Waals surface area contributed by atoms with Crippen molar-refractivity contribution in [1.29, 1.82) is 0 Å². The van der Waals surface area contributed by atoms with Gasteiger partial charge in [-0.15, -0.1) is 0 Å². The van der Waals surface area contributed by atoms with Gasteiger partial charge in [-0.1, -0.05) is 0 Å². The maximum absolute atomic E-state index is 12.8. The molecule has 2 aromatic heterocycles. The van der Waals surface area contributed by atoms with E-state index >= 15 is 0 Å². The molecule has 1 atom stereocenters. The van der Waals surface area contributed by atoms with E-state index in [1.807, 2.05) is 0 Å². The molecule has 2 aromatic rings. The summed E-state index contributed by atoms with van der Waals surface area (Å²) in [7, 11) is 1.69. The predicted octanol–water partition coefficient (Wildman–Crippen LogP) is 2.06. The molecule has 1 fully saturated rings. The van der Waals surface area contributed by atoms with Crippen LogP contribution in [0, 0.1) is 6.92 Å². The average Bonchev–Trinajstić information content (AvgIpc) is 2.80. The molecule has 1 aliphatic rings. The van der Waals surface area contributed by atoms with Crippen LogP contribution in [0.25, 0.3) is 0 Å². The fourth-order valence-electron chi connectivity index (χ4n) is 2.80. The van der Waals surface area contributed by atoms with Gasteiger partial charge in [0.25, 0.3) is 5.91 Å². The van der Waals surface area contributed by atoms with Crippen LogP contribution in [0.1, 0.15) is 21.7 Å². The lowest BCUT2D eigenvalue weighted by Gasteiger charge is -2.24. The van der Waals surface area contributed by atoms with Crippen LogP contribution in [0.15, 0.2) is 24.4 Å². The minimum Gasteiger partial charge on any atom is -0.470 e. The molecule has 0 N–H and O–H groups in total. The van der Waals surface area contributed by atoms with Crippen LogP contribution in [-0.2, 0) is 18.0 Å². The molecule has 0 saturated carbocycles. The van der Waals surface area contributed by atoms with Crippen molar-refractivity contribution in [3.8, 4) is 5.88 Å². The second-order valence-electron chi connectivity index (χ2n) is 6.24. The highest BCUT2D eigenvalue weighted by atomic mass is 19.4. The summed E-state index contributed by atoms with van der Waals surface area (Å²) >= 11 is 0. The molecule has 7 nitrogen and oxygen atoms in total. The Morgan fingerprint density at radius 2 is 2.15 bits per heavy atom. The van der Waals surface area contributed by atoms with E-state index in [1.54, 1.807) is 24.9 Å². The van der Waals surface area contributed by atoms with E-state index in [-0.39, 0.29) is 24.9 Å². The van der Waals surface area contributed by atoms with Crippen molar-refractivity contribution >= 4 is 5.91 Å². The SMILES string of the molecule is Cc1cc(C(=O)N2CCOC[C@H](Oc3ccc(C(F)(F)F)cn3)C2)n(C)n1. The highest BCUT2D eigenvalue weighted by Crippen LogP contribution is 2.29. The van der Waals surface area contributed by atoms with Crippen molar-refractivity contribution in [1.82, 2.24) is 19.7 Å². The van der Waals surface area contributed by atoms with Gasteiger partial charge in [0, 0.05) is 25.9 Å². The summed E-state index contributed by atoms with van der Waals surface area (Å²) in [5, 5.41) is 4.17. The number of hydrogen-bond acceptors (Lipinski definition) is 5. The number of carbonyl (C=O) groups is 1. The number of aromatic nitrogens is 3. The van der Waals surface area contributed by atoms with Gasteiger partial charge in [-0.25, -0.2) is 4.98 Å². The highest BCUT2D eigenvalue weighted by Gasteiger charge is 2.31. The molecule has 0 unspecified atom stereocenters. The Hall–Kier alpha value is -2.62. The molecule has 3 heterocycles. The van der Waals surface area contributed by atoms with Gasteiger partial charge in [0.05, 0.1) is 31.0 Å². The predicted molar refractivity (Wildman–Crippen MR) is 88.3 cm³/mol. The van der Waals surface area contributed by atoms with Crippen molar-refractivity contribution in [2.24, 2.45) is 7.05 Å². The first kappa shape index (κ1) is 19.2. The molecule has 3 rings (SSSR count). The maximum atomic E-state index is 12.8. The molecular weight excluding hydrogens is 365 g/mol. The van der Waals surface area contributed by atoms with Crippen molar-refractivity contribution in [3.63, 3.8) is 0 Å². The minimum atomic E-state index is -4.46. The molecule has 0 aromatic carbocycles. The van der Waals surface area contributed by atoms with Gasteiger partial charge >= 0.3 is 6.18 Å². The normalized spacial score (nSPS) is 18.3. The smallest absolute Gasteiger partial charge is 0.417 e. The number of ether oxygens (including phenoxy) is 2. The molecule has 0 radical (unpaired) electrons. The topological polar surface area (TPSA) is 69.5 Å². The van der Waals surface area contributed by atoms with Gasteiger partial charge in [-0.3, -0.25) is 9.48 Å². The molecule has 0 aliphatic carbocycles. The first-order chi connectivity index (χ1) is 12.7. The minimum absolute atomic E-state index is 0.0438. The zero-order chi connectivity index (χ0) is 19.6. The quantitative estimate of drug-likeness (QED) is 0.810. The number of halogens is 3. The van der Waals surface area contributed by atoms with E-state index in [0.717, 1.165) is 17.8 Å². The Bertz CT molecular complexity index is 805. The summed E-state index contributed by atoms with van der Waals surface area (Å²) in [5.74, 6) is -0.167. The first-order valence-corrected chi connectivity index (χ1v) is 8.31. The van der Waals surface area contributed by atoms with E-state index < -0.39 is 17.8 Å². The van der Waals surface area contributed by atoms with E-state index in [9.17, 15) is 18.0 Å². The van der Waals surface area contributed by atoms with Crippen LogP contribution in [0.5, 0.6) is 5.88 Å². The number of pyridine rings is 1. The Morgan fingerprint density at radius 3 is 2.74 bits per heavy atom. The zero-order valence-corrected chi connectivity index (χ0v) is 14.9. The van der Waals surface area contributed by atoms with Crippen molar-refractivity contribution in [2.75, 3.05) is 26.3 Å². The molecule has 0 bridgehead atoms. The van der Waals surface area contributed by atoms with Crippen molar-refractivity contribution < 1.29 is 27.4 Å². The third kappa shape index (κ3) is 4.57. The summed E-state index contributed by atoms with van der Waals surface area (Å²) in [4.78, 5) is 18.0. The van der Waals surface area contributed by atoms with Crippen LogP contribution in [0.4, 0.5) is 13.2 Å². The summed E-state index contributed by atoms with van der Waals surface area (Å²) < 4.78 is 50.5. The largest absolute Gasteiger partial charge is 0.470 e. The van der Waals surface area contributed by atoms with Gasteiger partial charge in [0.2, 0.25) is 5.88 Å². The molecule has 1 amide bonds. The number of amides is 1. The van der Waals surface area contributed by atoms with Gasteiger partial charge in [0.1, 0.15) is 11.8 Å². The number of nitrogens with zero attached hydrogens (tertiary/aromatic N) is 4. The van der Waals surface area contributed by atoms with Crippen LogP contribution in [0.3, 0.4) is 0 Å². The Balaban J connectivity index is 1.69. The monoisotopic (exact) mass is 384 g/mol. The maximum Gasteiger partial charge on any atom is 0.417 e. The number of carbonyl (C=O) groups excluding carboxylic acids is 1. The highest BCUT2D eigenvalue weighted by molar-refractivity contribution is 5.92. The summed E-state index contributed by atoms with van der Waals surface area (Å²) in [5.41, 5.74) is 0.324. The van der Waals surface area contributed by atoms with E-state index in [1.165, 1.54) is 4.68 Å². The van der Waals surface area contributed by atoms with Gasteiger partial charge in [-0.05, 0) is 19.1 Å². The summed E-state index contributed by atoms with van der Waals surface area (Å²) in [6.45, 7) is 2.94. The molecular formula is C17H19F3N4O3. The van der Waals surface area contributed by atoms with Crippen LogP contribution >= 0.6 is 0 Å². The van der Waals surface area contributed by atoms with Crippen molar-refractivity contribution in [2.45, 2.75) is 19.2 Å². The molecule has 27 heavy (non-hydrogen) atoms. The molecule has 1 aliphatic heterocycles. The average molecular weight is 384 g/mol.